The van der Waals surface area contributed by atoms with Crippen LogP contribution in [-0.4, -0.2) is 66.9 Å². The number of aliphatic hydroxyl groups excluding tert-OH is 1. The Morgan fingerprint density at radius 3 is 1.80 bits per heavy atom. The standard InChI is InChI=1S/C12H29N2O/c1-5-13(6-2)9-10-14(7-3,8-4)11-12-15/h15H,5-12H2,1-4H3/q+1. The molecule has 0 atom stereocenters. The van der Waals surface area contributed by atoms with Gasteiger partial charge < -0.3 is 9.59 Å². The van der Waals surface area contributed by atoms with Crippen LogP contribution in [0.25, 0.3) is 0 Å². The Morgan fingerprint density at radius 2 is 1.47 bits per heavy atom. The highest BCUT2D eigenvalue weighted by Crippen LogP contribution is 2.06. The predicted octanol–water partition coefficient (Wildman–Crippen LogP) is 1.18. The van der Waals surface area contributed by atoms with Gasteiger partial charge in [-0.15, -0.1) is 0 Å². The molecular weight excluding hydrogens is 188 g/mol. The van der Waals surface area contributed by atoms with Gasteiger partial charge in [0.2, 0.25) is 0 Å². The highest BCUT2D eigenvalue weighted by molar-refractivity contribution is 4.52. The Bertz CT molecular complexity index is 143. The smallest absolute Gasteiger partial charge is 0.102 e. The molecule has 0 saturated carbocycles. The first-order chi connectivity index (χ1) is 7.17. The molecule has 0 fully saturated rings. The summed E-state index contributed by atoms with van der Waals surface area (Å²) in [5.74, 6) is 0. The average molecular weight is 217 g/mol. The minimum absolute atomic E-state index is 0.305. The molecule has 0 saturated heterocycles. The number of nitrogens with zero attached hydrogens (tertiary/aromatic N) is 2. The Balaban J connectivity index is 4.15. The van der Waals surface area contributed by atoms with Crippen LogP contribution < -0.4 is 0 Å². The maximum atomic E-state index is 9.11. The van der Waals surface area contributed by atoms with Gasteiger partial charge in [-0.2, -0.15) is 0 Å². The van der Waals surface area contributed by atoms with Crippen LogP contribution in [0.15, 0.2) is 0 Å². The van der Waals surface area contributed by atoms with E-state index >= 15 is 0 Å². The lowest BCUT2D eigenvalue weighted by Crippen LogP contribution is -2.53. The molecule has 0 aromatic rings. The van der Waals surface area contributed by atoms with Crippen molar-refractivity contribution in [2.45, 2.75) is 27.7 Å². The van der Waals surface area contributed by atoms with Crippen LogP contribution in [0, 0.1) is 0 Å². The zero-order valence-corrected chi connectivity index (χ0v) is 11.0. The molecule has 0 aliphatic carbocycles. The Kier molecular flexibility index (Phi) is 8.02. The maximum Gasteiger partial charge on any atom is 0.102 e. The van der Waals surface area contributed by atoms with E-state index in [2.05, 4.69) is 32.6 Å². The number of quaternary nitrogens is 1. The molecule has 0 unspecified atom stereocenters. The normalized spacial score (nSPS) is 12.4. The lowest BCUT2D eigenvalue weighted by atomic mass is 10.3. The van der Waals surface area contributed by atoms with E-state index in [1.807, 2.05) is 0 Å². The number of likely N-dealkylation sites (N-methyl/N-ethyl adjacent to an activating group) is 2. The summed E-state index contributed by atoms with van der Waals surface area (Å²) >= 11 is 0. The van der Waals surface area contributed by atoms with E-state index < -0.39 is 0 Å². The van der Waals surface area contributed by atoms with Crippen molar-refractivity contribution in [2.24, 2.45) is 0 Å². The summed E-state index contributed by atoms with van der Waals surface area (Å²) in [4.78, 5) is 2.45. The lowest BCUT2D eigenvalue weighted by Gasteiger charge is -2.37. The van der Waals surface area contributed by atoms with Gasteiger partial charge in [-0.05, 0) is 26.9 Å². The van der Waals surface area contributed by atoms with Crippen molar-refractivity contribution < 1.29 is 9.59 Å². The summed E-state index contributed by atoms with van der Waals surface area (Å²) in [7, 11) is 0. The van der Waals surface area contributed by atoms with Gasteiger partial charge in [0.25, 0.3) is 0 Å². The molecule has 0 aromatic carbocycles. The molecule has 0 amide bonds. The third-order valence-electron chi connectivity index (χ3n) is 3.70. The van der Waals surface area contributed by atoms with Gasteiger partial charge in [0.1, 0.15) is 6.54 Å². The second-order valence-corrected chi connectivity index (χ2v) is 4.17. The van der Waals surface area contributed by atoms with Crippen molar-refractivity contribution in [1.29, 1.82) is 0 Å². The Hall–Kier alpha value is -0.120. The third kappa shape index (κ3) is 4.96. The first-order valence-corrected chi connectivity index (χ1v) is 6.36. The van der Waals surface area contributed by atoms with Gasteiger partial charge in [0, 0.05) is 6.54 Å². The maximum absolute atomic E-state index is 9.11. The minimum Gasteiger partial charge on any atom is -0.391 e. The number of hydrogen-bond donors (Lipinski definition) is 1. The summed E-state index contributed by atoms with van der Waals surface area (Å²) in [6, 6.07) is 0. The first-order valence-electron chi connectivity index (χ1n) is 6.36. The van der Waals surface area contributed by atoms with Crippen LogP contribution >= 0.6 is 0 Å². The van der Waals surface area contributed by atoms with Gasteiger partial charge in [-0.1, -0.05) is 13.8 Å². The quantitative estimate of drug-likeness (QED) is 0.586. The zero-order valence-electron chi connectivity index (χ0n) is 11.0. The Labute approximate surface area is 95.3 Å². The molecule has 0 rings (SSSR count). The van der Waals surface area contributed by atoms with Crippen molar-refractivity contribution in [2.75, 3.05) is 52.4 Å². The Morgan fingerprint density at radius 1 is 0.933 bits per heavy atom. The summed E-state index contributed by atoms with van der Waals surface area (Å²) in [5, 5.41) is 9.11. The fourth-order valence-corrected chi connectivity index (χ4v) is 2.07. The van der Waals surface area contributed by atoms with Gasteiger partial charge in [-0.25, -0.2) is 0 Å². The molecule has 0 aliphatic rings. The van der Waals surface area contributed by atoms with Crippen molar-refractivity contribution >= 4 is 0 Å². The fourth-order valence-electron chi connectivity index (χ4n) is 2.07. The average Bonchev–Trinajstić information content (AvgIpc) is 2.29. The van der Waals surface area contributed by atoms with Crippen LogP contribution in [0.1, 0.15) is 27.7 Å². The van der Waals surface area contributed by atoms with E-state index in [-0.39, 0.29) is 0 Å². The van der Waals surface area contributed by atoms with Crippen molar-refractivity contribution in [3.63, 3.8) is 0 Å². The van der Waals surface area contributed by atoms with Crippen LogP contribution in [0.5, 0.6) is 0 Å². The van der Waals surface area contributed by atoms with Gasteiger partial charge in [-0.3, -0.25) is 4.90 Å². The minimum atomic E-state index is 0.305. The van der Waals surface area contributed by atoms with Crippen LogP contribution in [-0.2, 0) is 0 Å². The van der Waals surface area contributed by atoms with E-state index in [4.69, 9.17) is 5.11 Å². The number of rotatable bonds is 9. The summed E-state index contributed by atoms with van der Waals surface area (Å²) < 4.78 is 1.05. The molecule has 1 N–H and O–H groups in total. The predicted molar refractivity (Wildman–Crippen MR) is 66.0 cm³/mol. The molecule has 0 aromatic heterocycles. The lowest BCUT2D eigenvalue weighted by molar-refractivity contribution is -0.924. The molecule has 15 heavy (non-hydrogen) atoms. The topological polar surface area (TPSA) is 23.5 Å². The second kappa shape index (κ2) is 8.08. The largest absolute Gasteiger partial charge is 0.391 e. The summed E-state index contributed by atoms with van der Waals surface area (Å²) in [6.45, 7) is 16.9. The fraction of sp³-hybridized carbons (Fsp3) is 1.00. The van der Waals surface area contributed by atoms with Crippen molar-refractivity contribution in [1.82, 2.24) is 4.90 Å². The van der Waals surface area contributed by atoms with Crippen LogP contribution in [0.2, 0.25) is 0 Å². The highest BCUT2D eigenvalue weighted by Gasteiger charge is 2.22. The van der Waals surface area contributed by atoms with Crippen LogP contribution in [0.3, 0.4) is 0 Å². The van der Waals surface area contributed by atoms with Crippen LogP contribution in [0.4, 0.5) is 0 Å². The molecule has 0 aliphatic heterocycles. The summed E-state index contributed by atoms with van der Waals surface area (Å²) in [6.07, 6.45) is 0. The van der Waals surface area contributed by atoms with E-state index in [0.717, 1.165) is 50.3 Å². The molecule has 92 valence electrons. The SMILES string of the molecule is CCN(CC)CC[N+](CC)(CC)CCO. The number of hydrogen-bond acceptors (Lipinski definition) is 2. The molecule has 0 radical (unpaired) electrons. The third-order valence-corrected chi connectivity index (χ3v) is 3.70. The molecule has 0 spiro atoms. The molecule has 3 heteroatoms. The molecular formula is C12H29N2O+. The van der Waals surface area contributed by atoms with Crippen molar-refractivity contribution in [3.8, 4) is 0 Å². The van der Waals surface area contributed by atoms with E-state index in [9.17, 15) is 0 Å². The first kappa shape index (κ1) is 14.9. The molecule has 0 heterocycles. The zero-order chi connectivity index (χ0) is 11.7. The molecule has 3 nitrogen and oxygen atoms in total. The van der Waals surface area contributed by atoms with E-state index in [1.54, 1.807) is 0 Å². The van der Waals surface area contributed by atoms with Gasteiger partial charge >= 0.3 is 0 Å². The number of aliphatic hydroxyl groups is 1. The monoisotopic (exact) mass is 217 g/mol. The summed E-state index contributed by atoms with van der Waals surface area (Å²) in [5.41, 5.74) is 0. The van der Waals surface area contributed by atoms with E-state index in [1.165, 1.54) is 0 Å². The second-order valence-electron chi connectivity index (χ2n) is 4.17. The van der Waals surface area contributed by atoms with Crippen molar-refractivity contribution in [3.05, 3.63) is 0 Å². The highest BCUT2D eigenvalue weighted by atomic mass is 16.3. The van der Waals surface area contributed by atoms with Gasteiger partial charge in [0.15, 0.2) is 0 Å². The van der Waals surface area contributed by atoms with E-state index in [0.29, 0.717) is 6.61 Å². The molecule has 0 bridgehead atoms. The van der Waals surface area contributed by atoms with Gasteiger partial charge in [0.05, 0.1) is 26.2 Å².